The first-order valence-corrected chi connectivity index (χ1v) is 6.76. The molecule has 2 atom stereocenters. The minimum absolute atomic E-state index is 0.272. The molecule has 116 valence electrons. The first-order chi connectivity index (χ1) is 9.90. The summed E-state index contributed by atoms with van der Waals surface area (Å²) in [5, 5.41) is 12.0. The second-order valence-electron chi connectivity index (χ2n) is 4.27. The highest BCUT2D eigenvalue weighted by atomic mass is 35.5. The molecule has 1 aromatic rings. The zero-order chi connectivity index (χ0) is 16.0. The van der Waals surface area contributed by atoms with Crippen LogP contribution < -0.4 is 10.1 Å². The number of carboxylic acids is 1. The lowest BCUT2D eigenvalue weighted by molar-refractivity contribution is -0.144. The summed E-state index contributed by atoms with van der Waals surface area (Å²) in [5.74, 6) is -1.26. The van der Waals surface area contributed by atoms with E-state index < -0.39 is 24.0 Å². The van der Waals surface area contributed by atoms with Crippen molar-refractivity contribution in [2.45, 2.75) is 26.0 Å². The Kier molecular flexibility index (Phi) is 6.45. The van der Waals surface area contributed by atoms with Gasteiger partial charge in [-0.1, -0.05) is 17.7 Å². The number of ether oxygens (including phenoxy) is 2. The third-order valence-corrected chi connectivity index (χ3v) is 3.12. The van der Waals surface area contributed by atoms with E-state index in [-0.39, 0.29) is 5.02 Å². The molecule has 0 saturated carbocycles. The quantitative estimate of drug-likeness (QED) is 0.804. The average Bonchev–Trinajstić information content (AvgIpc) is 2.44. The summed E-state index contributed by atoms with van der Waals surface area (Å²) < 4.78 is 10.1. The molecule has 21 heavy (non-hydrogen) atoms. The lowest BCUT2D eigenvalue weighted by atomic mass is 10.1. The smallest absolute Gasteiger partial charge is 0.330 e. The van der Waals surface area contributed by atoms with Gasteiger partial charge in [0, 0.05) is 6.61 Å². The van der Waals surface area contributed by atoms with Crippen LogP contribution in [-0.2, 0) is 14.3 Å². The van der Waals surface area contributed by atoms with Gasteiger partial charge in [-0.2, -0.15) is 0 Å². The Hall–Kier alpha value is -1.79. The van der Waals surface area contributed by atoms with Crippen molar-refractivity contribution in [2.24, 2.45) is 0 Å². The Morgan fingerprint density at radius 3 is 2.57 bits per heavy atom. The minimum atomic E-state index is -1.20. The number of carbonyl (C=O) groups is 2. The molecule has 0 heterocycles. The summed E-state index contributed by atoms with van der Waals surface area (Å²) in [5.41, 5.74) is 0.352. The Labute approximate surface area is 128 Å². The van der Waals surface area contributed by atoms with Crippen molar-refractivity contribution in [3.05, 3.63) is 28.8 Å². The van der Waals surface area contributed by atoms with Crippen LogP contribution >= 0.6 is 11.6 Å². The van der Waals surface area contributed by atoms with Crippen LogP contribution in [0.4, 0.5) is 0 Å². The molecule has 0 spiro atoms. The largest absolute Gasteiger partial charge is 0.495 e. The number of benzene rings is 1. The van der Waals surface area contributed by atoms with Crippen LogP contribution in [0.15, 0.2) is 18.2 Å². The number of aliphatic carboxylic acids is 1. The standard InChI is InChI=1S/C14H18ClNO5/c1-4-21-8(2)13(17)16-12(14(18)19)9-5-6-11(20-3)10(15)7-9/h5-8,12H,4H2,1-3H3,(H,16,17)(H,18,19). The summed E-state index contributed by atoms with van der Waals surface area (Å²) in [7, 11) is 1.46. The summed E-state index contributed by atoms with van der Waals surface area (Å²) in [6.45, 7) is 3.67. The Bertz CT molecular complexity index is 520. The van der Waals surface area contributed by atoms with Gasteiger partial charge in [-0.3, -0.25) is 4.79 Å². The number of amides is 1. The van der Waals surface area contributed by atoms with Crippen molar-refractivity contribution in [1.82, 2.24) is 5.32 Å². The van der Waals surface area contributed by atoms with Gasteiger partial charge >= 0.3 is 5.97 Å². The van der Waals surface area contributed by atoms with Gasteiger partial charge in [0.1, 0.15) is 11.9 Å². The first kappa shape index (κ1) is 17.3. The first-order valence-electron chi connectivity index (χ1n) is 6.38. The molecule has 0 saturated heterocycles. The second kappa shape index (κ2) is 7.85. The number of hydrogen-bond donors (Lipinski definition) is 2. The average molecular weight is 316 g/mol. The number of nitrogens with one attached hydrogen (secondary N) is 1. The summed E-state index contributed by atoms with van der Waals surface area (Å²) >= 11 is 5.97. The molecule has 0 aliphatic rings. The molecule has 7 heteroatoms. The number of hydrogen-bond acceptors (Lipinski definition) is 4. The molecule has 2 unspecified atom stereocenters. The zero-order valence-corrected chi connectivity index (χ0v) is 12.8. The van der Waals surface area contributed by atoms with Crippen LogP contribution in [0.5, 0.6) is 5.75 Å². The molecule has 0 aliphatic carbocycles. The summed E-state index contributed by atoms with van der Waals surface area (Å²) in [6.07, 6.45) is -0.731. The number of methoxy groups -OCH3 is 1. The van der Waals surface area contributed by atoms with Crippen LogP contribution in [0.2, 0.25) is 5.02 Å². The maximum atomic E-state index is 11.9. The topological polar surface area (TPSA) is 84.9 Å². The molecule has 1 rings (SSSR count). The lowest BCUT2D eigenvalue weighted by Crippen LogP contribution is -2.40. The zero-order valence-electron chi connectivity index (χ0n) is 12.1. The van der Waals surface area contributed by atoms with Crippen molar-refractivity contribution in [2.75, 3.05) is 13.7 Å². The summed E-state index contributed by atoms with van der Waals surface area (Å²) in [6, 6.07) is 3.33. The van der Waals surface area contributed by atoms with Gasteiger partial charge < -0.3 is 19.9 Å². The van der Waals surface area contributed by atoms with Crippen molar-refractivity contribution in [1.29, 1.82) is 0 Å². The maximum absolute atomic E-state index is 11.9. The van der Waals surface area contributed by atoms with E-state index in [1.807, 2.05) is 0 Å². The number of rotatable bonds is 7. The van der Waals surface area contributed by atoms with Crippen molar-refractivity contribution in [3.8, 4) is 5.75 Å². The van der Waals surface area contributed by atoms with Gasteiger partial charge in [0.15, 0.2) is 6.04 Å². The minimum Gasteiger partial charge on any atom is -0.495 e. The third-order valence-electron chi connectivity index (χ3n) is 2.83. The van der Waals surface area contributed by atoms with Crippen molar-refractivity contribution in [3.63, 3.8) is 0 Å². The molecule has 1 aromatic carbocycles. The molecule has 6 nitrogen and oxygen atoms in total. The van der Waals surface area contributed by atoms with Gasteiger partial charge in [-0.15, -0.1) is 0 Å². The third kappa shape index (κ3) is 4.61. The summed E-state index contributed by atoms with van der Waals surface area (Å²) in [4.78, 5) is 23.2. The Morgan fingerprint density at radius 2 is 2.10 bits per heavy atom. The molecule has 0 radical (unpaired) electrons. The van der Waals surface area contributed by atoms with Gasteiger partial charge in [-0.25, -0.2) is 4.79 Å². The highest BCUT2D eigenvalue weighted by Crippen LogP contribution is 2.27. The molecule has 0 fully saturated rings. The fourth-order valence-corrected chi connectivity index (χ4v) is 2.00. The van der Waals surface area contributed by atoms with Crippen molar-refractivity contribution < 1.29 is 24.2 Å². The van der Waals surface area contributed by atoms with Crippen molar-refractivity contribution >= 4 is 23.5 Å². The highest BCUT2D eigenvalue weighted by molar-refractivity contribution is 6.32. The molecule has 1 amide bonds. The van der Waals surface area contributed by atoms with Crippen LogP contribution in [0, 0.1) is 0 Å². The van der Waals surface area contributed by atoms with Crippen LogP contribution in [0.25, 0.3) is 0 Å². The van der Waals surface area contributed by atoms with Gasteiger partial charge in [0.25, 0.3) is 0 Å². The van der Waals surface area contributed by atoms with Crippen LogP contribution in [-0.4, -0.2) is 36.8 Å². The van der Waals surface area contributed by atoms with Gasteiger partial charge in [-0.05, 0) is 31.5 Å². The highest BCUT2D eigenvalue weighted by Gasteiger charge is 2.25. The van der Waals surface area contributed by atoms with E-state index in [1.165, 1.54) is 19.2 Å². The molecular formula is C14H18ClNO5. The van der Waals surface area contributed by atoms with E-state index in [4.69, 9.17) is 21.1 Å². The maximum Gasteiger partial charge on any atom is 0.330 e. The molecular weight excluding hydrogens is 298 g/mol. The van der Waals surface area contributed by atoms with E-state index in [2.05, 4.69) is 5.32 Å². The number of carbonyl (C=O) groups excluding carboxylic acids is 1. The molecule has 0 bridgehead atoms. The van der Waals surface area contributed by atoms with E-state index in [1.54, 1.807) is 19.9 Å². The van der Waals surface area contributed by atoms with Crippen LogP contribution in [0.1, 0.15) is 25.5 Å². The van der Waals surface area contributed by atoms with E-state index in [0.29, 0.717) is 17.9 Å². The van der Waals surface area contributed by atoms with Gasteiger partial charge in [0.05, 0.1) is 12.1 Å². The van der Waals surface area contributed by atoms with Crippen LogP contribution in [0.3, 0.4) is 0 Å². The fourth-order valence-electron chi connectivity index (χ4n) is 1.74. The monoisotopic (exact) mass is 315 g/mol. The molecule has 0 aliphatic heterocycles. The molecule has 0 aromatic heterocycles. The van der Waals surface area contributed by atoms with E-state index >= 15 is 0 Å². The van der Waals surface area contributed by atoms with Gasteiger partial charge in [0.2, 0.25) is 5.91 Å². The normalized spacial score (nSPS) is 13.3. The number of carboxylic acid groups (broad SMARTS) is 1. The Balaban J connectivity index is 2.95. The predicted octanol–water partition coefficient (Wildman–Crippen LogP) is 2.02. The van der Waals surface area contributed by atoms with E-state index in [0.717, 1.165) is 0 Å². The SMILES string of the molecule is CCOC(C)C(=O)NC(C(=O)O)c1ccc(OC)c(Cl)c1. The van der Waals surface area contributed by atoms with E-state index in [9.17, 15) is 14.7 Å². The lowest BCUT2D eigenvalue weighted by Gasteiger charge is -2.18. The number of halogens is 1. The second-order valence-corrected chi connectivity index (χ2v) is 4.68. The Morgan fingerprint density at radius 1 is 1.43 bits per heavy atom. The predicted molar refractivity (Wildman–Crippen MR) is 77.6 cm³/mol. The fraction of sp³-hybridized carbons (Fsp3) is 0.429. The molecule has 2 N–H and O–H groups in total.